The summed E-state index contributed by atoms with van der Waals surface area (Å²) in [5.41, 5.74) is 4.04. The predicted octanol–water partition coefficient (Wildman–Crippen LogP) is 8.88. The zero-order valence-electron chi connectivity index (χ0n) is 24.7. The number of nitrogens with zero attached hydrogens (tertiary/aromatic N) is 3. The number of carbonyl (C=O) groups is 1. The first-order valence-corrected chi connectivity index (χ1v) is 14.1. The lowest BCUT2D eigenvalue weighted by molar-refractivity contribution is 0.112. The highest BCUT2D eigenvalue weighted by Crippen LogP contribution is 2.29. The van der Waals surface area contributed by atoms with Crippen molar-refractivity contribution in [1.82, 2.24) is 4.98 Å². The molecule has 0 spiro atoms. The Morgan fingerprint density at radius 1 is 0.739 bits per heavy atom. The lowest BCUT2D eigenvalue weighted by atomic mass is 10.0. The van der Waals surface area contributed by atoms with E-state index in [-0.39, 0.29) is 26.2 Å². The van der Waals surface area contributed by atoms with Crippen LogP contribution in [0.4, 0.5) is 11.4 Å². The Morgan fingerprint density at radius 2 is 1.30 bits per heavy atom. The number of anilines is 2. The smallest absolute Gasteiger partial charge is 0.344 e. The molecule has 0 amide bonds. The van der Waals surface area contributed by atoms with Crippen LogP contribution in [0.5, 0.6) is 5.75 Å². The van der Waals surface area contributed by atoms with Crippen molar-refractivity contribution in [1.29, 1.82) is 0 Å². The number of phenolic OH excluding ortho intramolecular Hbond substituents is 1. The predicted molar refractivity (Wildman–Crippen MR) is 195 cm³/mol. The van der Waals surface area contributed by atoms with Gasteiger partial charge in [-0.2, -0.15) is 0 Å². The van der Waals surface area contributed by atoms with E-state index in [4.69, 9.17) is 4.42 Å². The highest BCUT2D eigenvalue weighted by molar-refractivity contribution is 5.98. The molecule has 0 saturated carbocycles. The molecule has 4 aromatic carbocycles. The van der Waals surface area contributed by atoms with E-state index in [1.165, 1.54) is 0 Å². The molecule has 0 bridgehead atoms. The van der Waals surface area contributed by atoms with Crippen molar-refractivity contribution >= 4 is 50.2 Å². The van der Waals surface area contributed by atoms with Gasteiger partial charge in [-0.25, -0.2) is 4.79 Å². The molecule has 0 atom stereocenters. The van der Waals surface area contributed by atoms with Gasteiger partial charge < -0.3 is 19.3 Å². The minimum absolute atomic E-state index is 0. The van der Waals surface area contributed by atoms with Crippen LogP contribution in [-0.2, 0) is 0 Å². The second kappa shape index (κ2) is 15.3. The van der Waals surface area contributed by atoms with Crippen LogP contribution in [-0.4, -0.2) is 43.6 Å². The van der Waals surface area contributed by atoms with Crippen molar-refractivity contribution in [3.63, 3.8) is 0 Å². The van der Waals surface area contributed by atoms with Gasteiger partial charge in [0.15, 0.2) is 6.29 Å². The fourth-order valence-corrected chi connectivity index (χ4v) is 5.04. The molecule has 0 aliphatic rings. The highest BCUT2D eigenvalue weighted by Gasteiger charge is 2.10. The summed E-state index contributed by atoms with van der Waals surface area (Å²) >= 11 is 0. The van der Waals surface area contributed by atoms with Gasteiger partial charge in [-0.1, -0.05) is 39.1 Å². The first kappa shape index (κ1) is 34.8. The van der Waals surface area contributed by atoms with E-state index in [9.17, 15) is 14.7 Å². The summed E-state index contributed by atoms with van der Waals surface area (Å²) in [7, 11) is 3.99. The summed E-state index contributed by atoms with van der Waals surface area (Å²) in [6.07, 6.45) is 7.69. The third-order valence-electron chi connectivity index (χ3n) is 7.45. The van der Waals surface area contributed by atoms with Crippen LogP contribution in [0.3, 0.4) is 0 Å². The third-order valence-corrected chi connectivity index (χ3v) is 7.45. The Kier molecular flexibility index (Phi) is 11.6. The number of hydrogen-bond donors (Lipinski definition) is 1. The van der Waals surface area contributed by atoms with E-state index in [0.717, 1.165) is 57.0 Å². The number of hydrogen-bond acceptors (Lipinski definition) is 7. The average Bonchev–Trinajstić information content (AvgIpc) is 3.03. The molecule has 7 heteroatoms. The van der Waals surface area contributed by atoms with Gasteiger partial charge in [0.25, 0.3) is 0 Å². The number of aromatic hydroxyl groups is 1. The van der Waals surface area contributed by atoms with Crippen molar-refractivity contribution in [3.05, 3.63) is 133 Å². The molecule has 7 nitrogen and oxygen atoms in total. The van der Waals surface area contributed by atoms with E-state index in [2.05, 4.69) is 52.2 Å². The van der Waals surface area contributed by atoms with E-state index in [0.29, 0.717) is 23.0 Å². The summed E-state index contributed by atoms with van der Waals surface area (Å²) in [4.78, 5) is 31.3. The van der Waals surface area contributed by atoms with Gasteiger partial charge in [0, 0.05) is 56.3 Å². The Morgan fingerprint density at radius 3 is 1.87 bits per heavy atom. The molecular formula is C39H41N3O4. The van der Waals surface area contributed by atoms with Gasteiger partial charge in [-0.05, 0) is 93.8 Å². The van der Waals surface area contributed by atoms with Gasteiger partial charge in [0.2, 0.25) is 0 Å². The van der Waals surface area contributed by atoms with Crippen molar-refractivity contribution in [2.75, 3.05) is 37.0 Å². The maximum Gasteiger partial charge on any atom is 0.344 e. The number of fused-ring (bicyclic) bond motifs is 3. The minimum Gasteiger partial charge on any atom is -0.507 e. The largest absolute Gasteiger partial charge is 0.507 e. The molecule has 1 N–H and O–H groups in total. The van der Waals surface area contributed by atoms with Crippen LogP contribution in [0.2, 0.25) is 0 Å². The molecule has 6 aromatic rings. The molecular weight excluding hydrogens is 574 g/mol. The van der Waals surface area contributed by atoms with Gasteiger partial charge >= 0.3 is 5.63 Å². The lowest BCUT2D eigenvalue weighted by Gasteiger charge is -2.17. The van der Waals surface area contributed by atoms with Crippen LogP contribution in [0.25, 0.3) is 43.6 Å². The first-order chi connectivity index (χ1) is 21.3. The van der Waals surface area contributed by atoms with E-state index in [1.807, 2.05) is 56.6 Å². The standard InChI is InChI=1S/C22H18N2O2.C15H15NO2.2CH4/c1-3-10-24(2)19-5-4-16-11-18-13-20(15-6-8-23-9-7-15)22(25)26-21(18)14-17(16)12-19;1-3-6-16(2)14-5-4-11-7-13(10-17)15(18)9-12(11)8-14;;/h3-9,11-14H,1,10H2,2H3;3-5,7-10,18H,1,6H2,2H3;2*1H4. The first-order valence-electron chi connectivity index (χ1n) is 14.1. The molecule has 236 valence electrons. The number of aldehydes is 1. The average molecular weight is 616 g/mol. The van der Waals surface area contributed by atoms with Gasteiger partial charge in [0.1, 0.15) is 11.3 Å². The third kappa shape index (κ3) is 7.50. The van der Waals surface area contributed by atoms with Crippen LogP contribution in [0.1, 0.15) is 25.2 Å². The molecule has 0 aliphatic carbocycles. The molecule has 6 rings (SSSR count). The Balaban J connectivity index is 0.000000255. The highest BCUT2D eigenvalue weighted by atomic mass is 16.4. The Bertz CT molecular complexity index is 2050. The fourth-order valence-electron chi connectivity index (χ4n) is 5.04. The van der Waals surface area contributed by atoms with Crippen molar-refractivity contribution in [2.45, 2.75) is 14.9 Å². The van der Waals surface area contributed by atoms with Gasteiger partial charge in [0.05, 0.1) is 11.1 Å². The SMILES string of the molecule is C.C.C=CCN(C)c1ccc2cc(C=O)c(O)cc2c1.C=CCN(C)c1ccc2cc3cc(-c4ccncc4)c(=O)oc3cc2c1. The minimum atomic E-state index is -0.344. The number of likely N-dealkylation sites (N-methyl/N-ethyl adjacent to an activating group) is 2. The fraction of sp³-hybridized carbons (Fsp3) is 0.154. The number of pyridine rings is 1. The number of phenols is 1. The number of carbonyl (C=O) groups excluding carboxylic acids is 1. The van der Waals surface area contributed by atoms with Crippen molar-refractivity contribution < 1.29 is 14.3 Å². The van der Waals surface area contributed by atoms with Gasteiger partial charge in [-0.3, -0.25) is 9.78 Å². The van der Waals surface area contributed by atoms with Crippen molar-refractivity contribution in [2.24, 2.45) is 0 Å². The van der Waals surface area contributed by atoms with E-state index < -0.39 is 0 Å². The monoisotopic (exact) mass is 615 g/mol. The maximum atomic E-state index is 12.4. The molecule has 0 radical (unpaired) electrons. The topological polar surface area (TPSA) is 86.9 Å². The number of rotatable bonds is 8. The molecule has 46 heavy (non-hydrogen) atoms. The summed E-state index contributed by atoms with van der Waals surface area (Å²) in [6.45, 7) is 9.00. The molecule has 0 aliphatic heterocycles. The van der Waals surface area contributed by atoms with E-state index >= 15 is 0 Å². The summed E-state index contributed by atoms with van der Waals surface area (Å²) in [6, 6.07) is 24.9. The molecule has 0 fully saturated rings. The summed E-state index contributed by atoms with van der Waals surface area (Å²) < 4.78 is 5.60. The zero-order chi connectivity index (χ0) is 31.2. The zero-order valence-corrected chi connectivity index (χ0v) is 24.7. The Labute approximate surface area is 270 Å². The molecule has 2 aromatic heterocycles. The second-order valence-corrected chi connectivity index (χ2v) is 10.5. The summed E-state index contributed by atoms with van der Waals surface area (Å²) in [5, 5.41) is 14.6. The van der Waals surface area contributed by atoms with Crippen LogP contribution >= 0.6 is 0 Å². The summed E-state index contributed by atoms with van der Waals surface area (Å²) in [5.74, 6) is 0.0148. The van der Waals surface area contributed by atoms with Crippen molar-refractivity contribution in [3.8, 4) is 16.9 Å². The lowest BCUT2D eigenvalue weighted by Crippen LogP contribution is -2.16. The van der Waals surface area contributed by atoms with Crippen LogP contribution < -0.4 is 15.4 Å². The number of aromatic nitrogens is 1. The van der Waals surface area contributed by atoms with Crippen LogP contribution in [0.15, 0.2) is 126 Å². The van der Waals surface area contributed by atoms with Crippen LogP contribution in [0, 0.1) is 0 Å². The molecule has 0 unspecified atom stereocenters. The number of benzene rings is 4. The maximum absolute atomic E-state index is 12.4. The second-order valence-electron chi connectivity index (χ2n) is 10.5. The normalized spacial score (nSPS) is 10.2. The van der Waals surface area contributed by atoms with E-state index in [1.54, 1.807) is 36.7 Å². The quantitative estimate of drug-likeness (QED) is 0.0792. The molecule has 0 saturated heterocycles. The Hall–Kier alpha value is -5.69. The molecule has 2 heterocycles. The van der Waals surface area contributed by atoms with Gasteiger partial charge in [-0.15, -0.1) is 13.2 Å².